The number of halogens is 1. The van der Waals surface area contributed by atoms with Crippen LogP contribution in [0.2, 0.25) is 0 Å². The van der Waals surface area contributed by atoms with Crippen molar-refractivity contribution < 1.29 is 29.0 Å². The fraction of sp³-hybridized carbons (Fsp3) is 0.833. The number of alkyl halides is 1. The van der Waals surface area contributed by atoms with E-state index in [-0.39, 0.29) is 42.4 Å². The number of nitrogens with one attached hydrogen (secondary N) is 1. The lowest BCUT2D eigenvalue weighted by Gasteiger charge is -2.34. The second-order valence-electron chi connectivity index (χ2n) is 7.69. The van der Waals surface area contributed by atoms with Crippen molar-refractivity contribution in [2.75, 3.05) is 19.8 Å². The fourth-order valence-electron chi connectivity index (χ4n) is 4.78. The van der Waals surface area contributed by atoms with Gasteiger partial charge >= 0.3 is 5.97 Å². The highest BCUT2D eigenvalue weighted by Gasteiger charge is 2.76. The number of carbonyl (C=O) groups is 3. The molecule has 3 heterocycles. The largest absolute Gasteiger partial charge is 0.466 e. The van der Waals surface area contributed by atoms with E-state index in [1.165, 1.54) is 4.90 Å². The molecule has 2 bridgehead atoms. The number of ether oxygens (including phenoxy) is 2. The van der Waals surface area contributed by atoms with Gasteiger partial charge in [0.05, 0.1) is 24.5 Å². The molecular weight excluding hydrogens is 420 g/mol. The van der Waals surface area contributed by atoms with Gasteiger partial charge in [-0.1, -0.05) is 15.9 Å². The fourth-order valence-corrected chi connectivity index (χ4v) is 5.73. The molecule has 1 spiro atoms. The van der Waals surface area contributed by atoms with Gasteiger partial charge in [0, 0.05) is 24.0 Å². The van der Waals surface area contributed by atoms with Gasteiger partial charge in [-0.2, -0.15) is 0 Å². The van der Waals surface area contributed by atoms with Crippen LogP contribution in [0, 0.1) is 11.8 Å². The number of nitrogens with zero attached hydrogens (tertiary/aromatic N) is 1. The van der Waals surface area contributed by atoms with Crippen LogP contribution in [0.15, 0.2) is 0 Å². The van der Waals surface area contributed by atoms with Crippen LogP contribution in [-0.4, -0.2) is 76.2 Å². The molecule has 3 unspecified atom stereocenters. The van der Waals surface area contributed by atoms with Crippen LogP contribution in [0.4, 0.5) is 0 Å². The molecule has 3 fully saturated rings. The summed E-state index contributed by atoms with van der Waals surface area (Å²) in [4.78, 5) is 40.2. The molecule has 9 heteroatoms. The van der Waals surface area contributed by atoms with E-state index in [9.17, 15) is 19.5 Å². The van der Waals surface area contributed by atoms with Gasteiger partial charge in [-0.25, -0.2) is 0 Å². The third kappa shape index (κ3) is 3.17. The van der Waals surface area contributed by atoms with Gasteiger partial charge < -0.3 is 24.8 Å². The van der Waals surface area contributed by atoms with Crippen molar-refractivity contribution in [3.05, 3.63) is 0 Å². The molecule has 3 aliphatic rings. The third-order valence-corrected chi connectivity index (χ3v) is 6.43. The summed E-state index contributed by atoms with van der Waals surface area (Å²) in [5, 5.41) is 12.1. The first-order valence-corrected chi connectivity index (χ1v) is 10.4. The lowest BCUT2D eigenvalue weighted by atomic mass is 9.70. The van der Waals surface area contributed by atoms with E-state index in [1.54, 1.807) is 6.92 Å². The first-order chi connectivity index (χ1) is 12.8. The molecule has 0 radical (unpaired) electrons. The highest BCUT2D eigenvalue weighted by molar-refractivity contribution is 9.09. The molecule has 0 aromatic heterocycles. The van der Waals surface area contributed by atoms with Crippen LogP contribution in [0.3, 0.4) is 0 Å². The molecule has 0 aromatic carbocycles. The Bertz CT molecular complexity index is 629. The van der Waals surface area contributed by atoms with Crippen LogP contribution < -0.4 is 5.32 Å². The van der Waals surface area contributed by atoms with Crippen molar-refractivity contribution in [2.24, 2.45) is 11.8 Å². The zero-order valence-corrected chi connectivity index (χ0v) is 17.4. The van der Waals surface area contributed by atoms with Crippen molar-refractivity contribution in [3.63, 3.8) is 0 Å². The number of aliphatic hydroxyl groups is 1. The summed E-state index contributed by atoms with van der Waals surface area (Å²) < 4.78 is 11.4. The van der Waals surface area contributed by atoms with Crippen LogP contribution in [0.1, 0.15) is 33.6 Å². The molecule has 27 heavy (non-hydrogen) atoms. The predicted molar refractivity (Wildman–Crippen MR) is 99.0 cm³/mol. The normalized spacial score (nSPS) is 37.0. The standard InChI is InChI=1S/C18H27BrN2O6/c1-4-26-17(25)11-12-16(24)21(6-5-7-22)14(15(23)20-9(2)3)18(12)8-10(19)13(11)27-18/h9-14,22H,4-8H2,1-3H3,(H,20,23)/t10?,11-,12+,13-,14?,18?/m1/s1. The minimum atomic E-state index is -1.05. The maximum atomic E-state index is 13.3. The molecule has 3 aliphatic heterocycles. The van der Waals surface area contributed by atoms with Gasteiger partial charge in [-0.05, 0) is 33.6 Å². The lowest BCUT2D eigenvalue weighted by Crippen LogP contribution is -2.56. The van der Waals surface area contributed by atoms with Crippen molar-refractivity contribution >= 4 is 33.7 Å². The Kier molecular flexibility index (Phi) is 5.84. The lowest BCUT2D eigenvalue weighted by molar-refractivity contribution is -0.154. The number of likely N-dealkylation sites (tertiary alicyclic amines) is 1. The van der Waals surface area contributed by atoms with E-state index < -0.39 is 35.6 Å². The molecule has 0 saturated carbocycles. The number of rotatable bonds is 7. The first kappa shape index (κ1) is 20.5. The Balaban J connectivity index is 2.00. The maximum Gasteiger partial charge on any atom is 0.312 e. The van der Waals surface area contributed by atoms with Gasteiger partial charge in [-0.15, -0.1) is 0 Å². The monoisotopic (exact) mass is 446 g/mol. The predicted octanol–water partition coefficient (Wildman–Crippen LogP) is 0.205. The van der Waals surface area contributed by atoms with Crippen molar-refractivity contribution in [1.82, 2.24) is 10.2 Å². The first-order valence-electron chi connectivity index (χ1n) is 9.48. The van der Waals surface area contributed by atoms with Crippen LogP contribution in [-0.2, 0) is 23.9 Å². The van der Waals surface area contributed by atoms with Crippen molar-refractivity contribution in [3.8, 4) is 0 Å². The highest BCUT2D eigenvalue weighted by Crippen LogP contribution is 2.60. The van der Waals surface area contributed by atoms with E-state index in [0.717, 1.165) is 0 Å². The second-order valence-corrected chi connectivity index (χ2v) is 8.86. The van der Waals surface area contributed by atoms with Crippen LogP contribution in [0.25, 0.3) is 0 Å². The van der Waals surface area contributed by atoms with Gasteiger partial charge in [-0.3, -0.25) is 14.4 Å². The van der Waals surface area contributed by atoms with Gasteiger partial charge in [0.15, 0.2) is 0 Å². The second kappa shape index (κ2) is 7.67. The Hall–Kier alpha value is -1.19. The van der Waals surface area contributed by atoms with E-state index in [0.29, 0.717) is 12.8 Å². The van der Waals surface area contributed by atoms with Gasteiger partial charge in [0.1, 0.15) is 11.6 Å². The number of fused-ring (bicyclic) bond motifs is 1. The van der Waals surface area contributed by atoms with Gasteiger partial charge in [0.2, 0.25) is 11.8 Å². The quantitative estimate of drug-likeness (QED) is 0.427. The summed E-state index contributed by atoms with van der Waals surface area (Å²) >= 11 is 3.57. The van der Waals surface area contributed by atoms with Gasteiger partial charge in [0.25, 0.3) is 0 Å². The number of hydrogen-bond acceptors (Lipinski definition) is 6. The van der Waals surface area contributed by atoms with Crippen LogP contribution in [0.5, 0.6) is 0 Å². The molecule has 0 aromatic rings. The van der Waals surface area contributed by atoms with Crippen molar-refractivity contribution in [2.45, 2.75) is 62.2 Å². The average molecular weight is 447 g/mol. The maximum absolute atomic E-state index is 13.3. The minimum Gasteiger partial charge on any atom is -0.466 e. The Labute approximate surface area is 167 Å². The van der Waals surface area contributed by atoms with Crippen molar-refractivity contribution in [1.29, 1.82) is 0 Å². The molecule has 6 atom stereocenters. The summed E-state index contributed by atoms with van der Waals surface area (Å²) in [6.45, 7) is 5.78. The Morgan fingerprint density at radius 1 is 1.48 bits per heavy atom. The molecule has 2 amide bonds. The zero-order chi connectivity index (χ0) is 19.9. The molecule has 8 nitrogen and oxygen atoms in total. The minimum absolute atomic E-state index is 0.0914. The summed E-state index contributed by atoms with van der Waals surface area (Å²) in [6, 6.07) is -0.921. The third-order valence-electron chi connectivity index (χ3n) is 5.58. The molecule has 2 N–H and O–H groups in total. The summed E-state index contributed by atoms with van der Waals surface area (Å²) in [5.74, 6) is -2.49. The summed E-state index contributed by atoms with van der Waals surface area (Å²) in [6.07, 6.45) is 0.327. The summed E-state index contributed by atoms with van der Waals surface area (Å²) in [7, 11) is 0. The zero-order valence-electron chi connectivity index (χ0n) is 15.8. The SMILES string of the molecule is CCOC(=O)[C@H]1[C@@H]2OC3(CC2Br)C(C(=O)NC(C)C)N(CCCO)C(=O)[C@H]13. The smallest absolute Gasteiger partial charge is 0.312 e. The van der Waals surface area contributed by atoms with E-state index in [2.05, 4.69) is 21.2 Å². The molecule has 3 rings (SSSR count). The number of hydrogen-bond donors (Lipinski definition) is 2. The van der Waals surface area contributed by atoms with E-state index >= 15 is 0 Å². The van der Waals surface area contributed by atoms with Crippen LogP contribution >= 0.6 is 15.9 Å². The summed E-state index contributed by atoms with van der Waals surface area (Å²) in [5.41, 5.74) is -1.05. The molecule has 152 valence electrons. The molecule has 3 saturated heterocycles. The Morgan fingerprint density at radius 3 is 2.78 bits per heavy atom. The number of carbonyl (C=O) groups excluding carboxylic acids is 3. The number of aliphatic hydroxyl groups excluding tert-OH is 1. The number of esters is 1. The highest BCUT2D eigenvalue weighted by atomic mass is 79.9. The Morgan fingerprint density at radius 2 is 2.19 bits per heavy atom. The topological polar surface area (TPSA) is 105 Å². The molecular formula is C18H27BrN2O6. The number of amides is 2. The van der Waals surface area contributed by atoms with E-state index in [1.807, 2.05) is 13.8 Å². The van der Waals surface area contributed by atoms with E-state index in [4.69, 9.17) is 9.47 Å². The molecule has 0 aliphatic carbocycles. The average Bonchev–Trinajstić information content (AvgIpc) is 3.16.